The molecule has 0 spiro atoms. The maximum Gasteiger partial charge on any atom is 0.126 e. The number of aryl methyl sites for hydroxylation is 1. The highest BCUT2D eigenvalue weighted by Gasteiger charge is 2.16. The first-order valence-electron chi connectivity index (χ1n) is 7.71. The van der Waals surface area contributed by atoms with Crippen molar-refractivity contribution in [1.82, 2.24) is 15.0 Å². The molecule has 0 aliphatic heterocycles. The first kappa shape index (κ1) is 13.6. The summed E-state index contributed by atoms with van der Waals surface area (Å²) in [5.41, 5.74) is 5.40. The van der Waals surface area contributed by atoms with Gasteiger partial charge in [0, 0.05) is 6.54 Å². The maximum atomic E-state index is 5.73. The van der Waals surface area contributed by atoms with Gasteiger partial charge in [0.25, 0.3) is 0 Å². The molecule has 1 saturated carbocycles. The fourth-order valence-electron chi connectivity index (χ4n) is 2.96. The number of hydrogen-bond donors (Lipinski definition) is 1. The van der Waals surface area contributed by atoms with Crippen LogP contribution in [-0.2, 0) is 17.9 Å². The number of para-hydroxylation sites is 2. The predicted molar refractivity (Wildman–Crippen MR) is 80.2 cm³/mol. The van der Waals surface area contributed by atoms with Gasteiger partial charge in [-0.15, -0.1) is 0 Å². The molecule has 0 bridgehead atoms. The Morgan fingerprint density at radius 2 is 2.10 bits per heavy atom. The van der Waals surface area contributed by atoms with Crippen molar-refractivity contribution >= 4 is 11.0 Å². The average Bonchev–Trinajstić information content (AvgIpc) is 3.08. The topological polar surface area (TPSA) is 39.1 Å². The summed E-state index contributed by atoms with van der Waals surface area (Å²) in [4.78, 5) is 10.4. The molecular formula is C16H23N3O. The molecule has 1 aromatic carbocycles. The van der Waals surface area contributed by atoms with Crippen molar-refractivity contribution in [3.63, 3.8) is 0 Å². The number of rotatable bonds is 6. The number of nitrogens with one attached hydrogen (secondary N) is 1. The Balaban J connectivity index is 1.70. The molecule has 1 aliphatic rings. The van der Waals surface area contributed by atoms with E-state index in [4.69, 9.17) is 9.82 Å². The second-order valence-corrected chi connectivity index (χ2v) is 5.51. The minimum atomic E-state index is 0.388. The van der Waals surface area contributed by atoms with E-state index in [0.717, 1.165) is 24.3 Å². The van der Waals surface area contributed by atoms with Gasteiger partial charge >= 0.3 is 0 Å². The Hall–Kier alpha value is -1.39. The first-order valence-corrected chi connectivity index (χ1v) is 7.71. The molecule has 1 N–H and O–H groups in total. The van der Waals surface area contributed by atoms with Crippen molar-refractivity contribution in [2.45, 2.75) is 58.2 Å². The SMILES string of the molecule is CCCn1c(CNOC2CCCC2)nc2ccccc21. The molecule has 20 heavy (non-hydrogen) atoms. The van der Waals surface area contributed by atoms with Gasteiger partial charge < -0.3 is 4.57 Å². The fraction of sp³-hybridized carbons (Fsp3) is 0.562. The van der Waals surface area contributed by atoms with Crippen LogP contribution >= 0.6 is 0 Å². The lowest BCUT2D eigenvalue weighted by atomic mass is 10.3. The number of nitrogens with zero attached hydrogens (tertiary/aromatic N) is 2. The van der Waals surface area contributed by atoms with Crippen molar-refractivity contribution < 1.29 is 4.84 Å². The molecule has 1 aromatic heterocycles. The summed E-state index contributed by atoms with van der Waals surface area (Å²) in [6.45, 7) is 3.87. The standard InChI is InChI=1S/C16H23N3O/c1-2-11-19-15-10-6-5-9-14(15)18-16(19)12-17-20-13-7-3-4-8-13/h5-6,9-10,13,17H,2-4,7-8,11-12H2,1H3. The Morgan fingerprint density at radius 3 is 2.90 bits per heavy atom. The van der Waals surface area contributed by atoms with Crippen molar-refractivity contribution in [3.05, 3.63) is 30.1 Å². The van der Waals surface area contributed by atoms with Gasteiger partial charge in [-0.25, -0.2) is 4.98 Å². The molecule has 1 fully saturated rings. The predicted octanol–water partition coefficient (Wildman–Crippen LogP) is 3.41. The van der Waals surface area contributed by atoms with Crippen LogP contribution in [0.5, 0.6) is 0 Å². The van der Waals surface area contributed by atoms with E-state index in [9.17, 15) is 0 Å². The summed E-state index contributed by atoms with van der Waals surface area (Å²) >= 11 is 0. The summed E-state index contributed by atoms with van der Waals surface area (Å²) < 4.78 is 2.29. The van der Waals surface area contributed by atoms with E-state index in [0.29, 0.717) is 12.6 Å². The minimum Gasteiger partial charge on any atom is -0.327 e. The molecule has 1 heterocycles. The Labute approximate surface area is 120 Å². The number of hydroxylamine groups is 1. The smallest absolute Gasteiger partial charge is 0.126 e. The van der Waals surface area contributed by atoms with Crippen molar-refractivity contribution in [2.24, 2.45) is 0 Å². The molecule has 0 amide bonds. The summed E-state index contributed by atoms with van der Waals surface area (Å²) in [5, 5.41) is 0. The van der Waals surface area contributed by atoms with Crippen molar-refractivity contribution in [3.8, 4) is 0 Å². The molecule has 0 radical (unpaired) electrons. The van der Waals surface area contributed by atoms with E-state index in [1.54, 1.807) is 0 Å². The van der Waals surface area contributed by atoms with Gasteiger partial charge in [0.15, 0.2) is 0 Å². The number of imidazole rings is 1. The lowest BCUT2D eigenvalue weighted by Gasteiger charge is -2.12. The summed E-state index contributed by atoms with van der Waals surface area (Å²) in [6.07, 6.45) is 6.44. The Morgan fingerprint density at radius 1 is 1.30 bits per heavy atom. The maximum absolute atomic E-state index is 5.73. The zero-order valence-electron chi connectivity index (χ0n) is 12.1. The highest BCUT2D eigenvalue weighted by atomic mass is 16.7. The van der Waals surface area contributed by atoms with Crippen LogP contribution in [-0.4, -0.2) is 15.7 Å². The number of aromatic nitrogens is 2. The lowest BCUT2D eigenvalue weighted by molar-refractivity contribution is -0.0257. The van der Waals surface area contributed by atoms with Crippen LogP contribution in [0.3, 0.4) is 0 Å². The molecule has 0 atom stereocenters. The normalized spacial score (nSPS) is 16.2. The van der Waals surface area contributed by atoms with Crippen LogP contribution in [0.25, 0.3) is 11.0 Å². The fourth-order valence-corrected chi connectivity index (χ4v) is 2.96. The van der Waals surface area contributed by atoms with E-state index in [1.165, 1.54) is 31.2 Å². The van der Waals surface area contributed by atoms with E-state index in [-0.39, 0.29) is 0 Å². The van der Waals surface area contributed by atoms with E-state index >= 15 is 0 Å². The van der Waals surface area contributed by atoms with Crippen LogP contribution in [0.2, 0.25) is 0 Å². The summed E-state index contributed by atoms with van der Waals surface area (Å²) in [5.74, 6) is 1.06. The Bertz CT molecular complexity index is 558. The second kappa shape index (κ2) is 6.37. The lowest BCUT2D eigenvalue weighted by Crippen LogP contribution is -2.23. The zero-order chi connectivity index (χ0) is 13.8. The average molecular weight is 273 g/mol. The largest absolute Gasteiger partial charge is 0.327 e. The highest BCUT2D eigenvalue weighted by molar-refractivity contribution is 5.75. The van der Waals surface area contributed by atoms with Crippen LogP contribution in [0, 0.1) is 0 Å². The van der Waals surface area contributed by atoms with Crippen LogP contribution in [0.1, 0.15) is 44.9 Å². The molecule has 3 rings (SSSR count). The number of hydrogen-bond acceptors (Lipinski definition) is 3. The van der Waals surface area contributed by atoms with E-state index in [1.807, 2.05) is 6.07 Å². The third-order valence-electron chi connectivity index (χ3n) is 3.96. The third-order valence-corrected chi connectivity index (χ3v) is 3.96. The van der Waals surface area contributed by atoms with Gasteiger partial charge in [0.2, 0.25) is 0 Å². The number of fused-ring (bicyclic) bond motifs is 1. The molecule has 4 heteroatoms. The molecule has 4 nitrogen and oxygen atoms in total. The van der Waals surface area contributed by atoms with Gasteiger partial charge in [0.05, 0.1) is 23.7 Å². The molecule has 108 valence electrons. The van der Waals surface area contributed by atoms with Crippen molar-refractivity contribution in [2.75, 3.05) is 0 Å². The second-order valence-electron chi connectivity index (χ2n) is 5.51. The molecular weight excluding hydrogens is 250 g/mol. The molecule has 2 aromatic rings. The van der Waals surface area contributed by atoms with Crippen LogP contribution < -0.4 is 5.48 Å². The molecule has 1 aliphatic carbocycles. The van der Waals surface area contributed by atoms with Gasteiger partial charge in [-0.1, -0.05) is 31.9 Å². The van der Waals surface area contributed by atoms with Crippen LogP contribution in [0.15, 0.2) is 24.3 Å². The minimum absolute atomic E-state index is 0.388. The first-order chi connectivity index (χ1) is 9.88. The van der Waals surface area contributed by atoms with Gasteiger partial charge in [-0.05, 0) is 31.4 Å². The zero-order valence-corrected chi connectivity index (χ0v) is 12.1. The quantitative estimate of drug-likeness (QED) is 0.820. The molecule has 0 saturated heterocycles. The summed E-state index contributed by atoms with van der Waals surface area (Å²) in [7, 11) is 0. The highest BCUT2D eigenvalue weighted by Crippen LogP contribution is 2.20. The van der Waals surface area contributed by atoms with E-state index in [2.05, 4.69) is 35.2 Å². The number of benzene rings is 1. The van der Waals surface area contributed by atoms with E-state index < -0.39 is 0 Å². The van der Waals surface area contributed by atoms with Crippen LogP contribution in [0.4, 0.5) is 0 Å². The van der Waals surface area contributed by atoms with Gasteiger partial charge in [-0.2, -0.15) is 5.48 Å². The van der Waals surface area contributed by atoms with Crippen molar-refractivity contribution in [1.29, 1.82) is 0 Å². The summed E-state index contributed by atoms with van der Waals surface area (Å²) in [6, 6.07) is 8.32. The van der Waals surface area contributed by atoms with Gasteiger partial charge in [0.1, 0.15) is 5.82 Å². The molecule has 0 unspecified atom stereocenters. The monoisotopic (exact) mass is 273 g/mol. The Kier molecular flexibility index (Phi) is 4.33. The van der Waals surface area contributed by atoms with Gasteiger partial charge in [-0.3, -0.25) is 4.84 Å². The third kappa shape index (κ3) is 2.86.